The maximum atomic E-state index is 12.5. The number of carbonyl (C=O) groups excluding carboxylic acids is 1. The van der Waals surface area contributed by atoms with E-state index in [1.165, 1.54) is 18.4 Å². The first-order valence-corrected chi connectivity index (χ1v) is 8.24. The number of pyridine rings is 1. The van der Waals surface area contributed by atoms with Gasteiger partial charge in [0.1, 0.15) is 0 Å². The molecule has 1 aromatic heterocycles. The fourth-order valence-electron chi connectivity index (χ4n) is 3.51. The van der Waals surface area contributed by atoms with Gasteiger partial charge in [0.05, 0.1) is 0 Å². The van der Waals surface area contributed by atoms with Gasteiger partial charge in [-0.2, -0.15) is 0 Å². The monoisotopic (exact) mass is 288 g/mol. The first-order chi connectivity index (χ1) is 10.1. The molecule has 1 heterocycles. The van der Waals surface area contributed by atoms with Crippen LogP contribution in [0.1, 0.15) is 45.6 Å². The molecule has 0 radical (unpaired) electrons. The zero-order valence-electron chi connectivity index (χ0n) is 13.5. The van der Waals surface area contributed by atoms with Crippen LogP contribution in [0.25, 0.3) is 0 Å². The van der Waals surface area contributed by atoms with Crippen LogP contribution >= 0.6 is 0 Å². The van der Waals surface area contributed by atoms with Gasteiger partial charge in [-0.3, -0.25) is 9.78 Å². The molecule has 2 rings (SSSR count). The third kappa shape index (κ3) is 4.55. The molecule has 1 fully saturated rings. The maximum absolute atomic E-state index is 12.5. The van der Waals surface area contributed by atoms with Crippen molar-refractivity contribution < 1.29 is 4.79 Å². The van der Waals surface area contributed by atoms with Crippen LogP contribution in [0, 0.1) is 23.7 Å². The fraction of sp³-hybridized carbons (Fsp3) is 0.667. The average molecular weight is 288 g/mol. The number of nitrogens with one attached hydrogen (secondary N) is 1. The summed E-state index contributed by atoms with van der Waals surface area (Å²) in [4.78, 5) is 16.6. The van der Waals surface area contributed by atoms with E-state index in [0.717, 1.165) is 12.8 Å². The van der Waals surface area contributed by atoms with Crippen LogP contribution < -0.4 is 5.32 Å². The van der Waals surface area contributed by atoms with Crippen molar-refractivity contribution in [1.29, 1.82) is 0 Å². The van der Waals surface area contributed by atoms with Crippen molar-refractivity contribution >= 4 is 5.91 Å². The molecule has 3 atom stereocenters. The van der Waals surface area contributed by atoms with Crippen LogP contribution in [0.3, 0.4) is 0 Å². The van der Waals surface area contributed by atoms with Crippen molar-refractivity contribution in [3.05, 3.63) is 30.1 Å². The molecule has 0 aromatic carbocycles. The number of hydrogen-bond acceptors (Lipinski definition) is 2. The van der Waals surface area contributed by atoms with Gasteiger partial charge in [-0.1, -0.05) is 33.3 Å². The Balaban J connectivity index is 1.85. The lowest BCUT2D eigenvalue weighted by atomic mass is 9.70. The number of amides is 1. The number of nitrogens with zero attached hydrogens (tertiary/aromatic N) is 1. The van der Waals surface area contributed by atoms with E-state index in [1.54, 1.807) is 6.20 Å². The number of hydrogen-bond donors (Lipinski definition) is 1. The summed E-state index contributed by atoms with van der Waals surface area (Å²) in [5.74, 6) is 2.26. The highest BCUT2D eigenvalue weighted by atomic mass is 16.1. The minimum absolute atomic E-state index is 0.197. The lowest BCUT2D eigenvalue weighted by Crippen LogP contribution is -2.40. The second-order valence-electron chi connectivity index (χ2n) is 6.83. The molecule has 1 aromatic rings. The SMILES string of the molecule is CC(C)[C@@H]1CC[C@@H](C)CC1C(=O)NCCc1cccnc1. The van der Waals surface area contributed by atoms with Gasteiger partial charge in [0, 0.05) is 24.9 Å². The largest absolute Gasteiger partial charge is 0.356 e. The minimum Gasteiger partial charge on any atom is -0.356 e. The molecular formula is C18H28N2O. The van der Waals surface area contributed by atoms with Crippen molar-refractivity contribution in [2.24, 2.45) is 23.7 Å². The van der Waals surface area contributed by atoms with Crippen LogP contribution in [0.4, 0.5) is 0 Å². The van der Waals surface area contributed by atoms with Gasteiger partial charge in [0.15, 0.2) is 0 Å². The minimum atomic E-state index is 0.197. The predicted molar refractivity (Wildman–Crippen MR) is 85.8 cm³/mol. The first kappa shape index (κ1) is 16.0. The van der Waals surface area contributed by atoms with E-state index in [2.05, 4.69) is 37.1 Å². The Bertz CT molecular complexity index is 444. The average Bonchev–Trinajstić information content (AvgIpc) is 2.47. The zero-order chi connectivity index (χ0) is 15.2. The number of rotatable bonds is 5. The molecule has 0 spiro atoms. The van der Waals surface area contributed by atoms with E-state index in [1.807, 2.05) is 12.3 Å². The summed E-state index contributed by atoms with van der Waals surface area (Å²) in [6.45, 7) is 7.47. The second-order valence-corrected chi connectivity index (χ2v) is 6.83. The molecule has 0 saturated heterocycles. The molecule has 0 bridgehead atoms. The van der Waals surface area contributed by atoms with Crippen LogP contribution in [0.2, 0.25) is 0 Å². The van der Waals surface area contributed by atoms with Crippen LogP contribution in [-0.2, 0) is 11.2 Å². The second kappa shape index (κ2) is 7.58. The highest BCUT2D eigenvalue weighted by Gasteiger charge is 2.35. The van der Waals surface area contributed by atoms with Crippen molar-refractivity contribution in [2.45, 2.75) is 46.5 Å². The third-order valence-electron chi connectivity index (χ3n) is 4.79. The molecule has 116 valence electrons. The van der Waals surface area contributed by atoms with Gasteiger partial charge in [-0.05, 0) is 48.6 Å². The number of carbonyl (C=O) groups is 1. The van der Waals surface area contributed by atoms with Gasteiger partial charge >= 0.3 is 0 Å². The van der Waals surface area contributed by atoms with E-state index in [-0.39, 0.29) is 11.8 Å². The van der Waals surface area contributed by atoms with Crippen LogP contribution in [0.5, 0.6) is 0 Å². The summed E-state index contributed by atoms with van der Waals surface area (Å²) in [5, 5.41) is 3.14. The van der Waals surface area contributed by atoms with Crippen LogP contribution in [-0.4, -0.2) is 17.4 Å². The molecule has 21 heavy (non-hydrogen) atoms. The van der Waals surface area contributed by atoms with E-state index >= 15 is 0 Å². The highest BCUT2D eigenvalue weighted by Crippen LogP contribution is 2.38. The summed E-state index contributed by atoms with van der Waals surface area (Å²) >= 11 is 0. The zero-order valence-corrected chi connectivity index (χ0v) is 13.5. The van der Waals surface area contributed by atoms with Gasteiger partial charge in [-0.25, -0.2) is 0 Å². The van der Waals surface area contributed by atoms with Gasteiger partial charge in [0.2, 0.25) is 5.91 Å². The molecule has 3 heteroatoms. The Morgan fingerprint density at radius 1 is 1.43 bits per heavy atom. The molecule has 1 aliphatic carbocycles. The van der Waals surface area contributed by atoms with E-state index in [9.17, 15) is 4.79 Å². The van der Waals surface area contributed by atoms with E-state index in [4.69, 9.17) is 0 Å². The molecule has 1 aliphatic rings. The standard InChI is InChI=1S/C18H28N2O/c1-13(2)16-7-6-14(3)11-17(16)18(21)20-10-8-15-5-4-9-19-12-15/h4-5,9,12-14,16-17H,6-8,10-11H2,1-3H3,(H,20,21)/t14-,16+,17?/m1/s1. The van der Waals surface area contributed by atoms with E-state index in [0.29, 0.717) is 24.3 Å². The van der Waals surface area contributed by atoms with Gasteiger partial charge < -0.3 is 5.32 Å². The first-order valence-electron chi connectivity index (χ1n) is 8.24. The molecule has 3 nitrogen and oxygen atoms in total. The Hall–Kier alpha value is -1.38. The summed E-state index contributed by atoms with van der Waals surface area (Å²) in [5.41, 5.74) is 1.18. The molecule has 1 saturated carbocycles. The molecule has 0 aliphatic heterocycles. The number of aromatic nitrogens is 1. The molecule has 1 amide bonds. The topological polar surface area (TPSA) is 42.0 Å². The Labute approximate surface area is 128 Å². The predicted octanol–water partition coefficient (Wildman–Crippen LogP) is 3.45. The smallest absolute Gasteiger partial charge is 0.223 e. The van der Waals surface area contributed by atoms with Crippen molar-refractivity contribution in [3.8, 4) is 0 Å². The quantitative estimate of drug-likeness (QED) is 0.901. The Kier molecular flexibility index (Phi) is 5.77. The summed E-state index contributed by atoms with van der Waals surface area (Å²) in [7, 11) is 0. The maximum Gasteiger partial charge on any atom is 0.223 e. The van der Waals surface area contributed by atoms with Crippen molar-refractivity contribution in [2.75, 3.05) is 6.54 Å². The Morgan fingerprint density at radius 3 is 2.90 bits per heavy atom. The molecular weight excluding hydrogens is 260 g/mol. The van der Waals surface area contributed by atoms with E-state index < -0.39 is 0 Å². The highest BCUT2D eigenvalue weighted by molar-refractivity contribution is 5.79. The lowest BCUT2D eigenvalue weighted by Gasteiger charge is -2.36. The van der Waals surface area contributed by atoms with Crippen molar-refractivity contribution in [3.63, 3.8) is 0 Å². The van der Waals surface area contributed by atoms with Gasteiger partial charge in [-0.15, -0.1) is 0 Å². The van der Waals surface area contributed by atoms with Crippen molar-refractivity contribution in [1.82, 2.24) is 10.3 Å². The normalized spacial score (nSPS) is 25.8. The van der Waals surface area contributed by atoms with Crippen LogP contribution in [0.15, 0.2) is 24.5 Å². The third-order valence-corrected chi connectivity index (χ3v) is 4.79. The fourth-order valence-corrected chi connectivity index (χ4v) is 3.51. The Morgan fingerprint density at radius 2 is 2.24 bits per heavy atom. The summed E-state index contributed by atoms with van der Waals surface area (Å²) < 4.78 is 0. The van der Waals surface area contributed by atoms with Gasteiger partial charge in [0.25, 0.3) is 0 Å². The molecule has 1 unspecified atom stereocenters. The summed E-state index contributed by atoms with van der Waals surface area (Å²) in [6, 6.07) is 3.99. The lowest BCUT2D eigenvalue weighted by molar-refractivity contribution is -0.129. The molecule has 1 N–H and O–H groups in total. The summed E-state index contributed by atoms with van der Waals surface area (Å²) in [6.07, 6.45) is 8.00.